The minimum atomic E-state index is -0.153. The van der Waals surface area contributed by atoms with Gasteiger partial charge in [-0.25, -0.2) is 0 Å². The Balaban J connectivity index is 2.41. The van der Waals surface area contributed by atoms with Gasteiger partial charge in [-0.3, -0.25) is 4.79 Å². The van der Waals surface area contributed by atoms with Crippen molar-refractivity contribution in [3.05, 3.63) is 33.3 Å². The topological polar surface area (TPSA) is 46.3 Å². The number of hydrogen-bond acceptors (Lipinski definition) is 2. The summed E-state index contributed by atoms with van der Waals surface area (Å²) in [6.45, 7) is 2.64. The van der Waals surface area contributed by atoms with Crippen molar-refractivity contribution in [1.29, 1.82) is 0 Å². The summed E-state index contributed by atoms with van der Waals surface area (Å²) in [5.74, 6) is 0.117. The van der Waals surface area contributed by atoms with E-state index in [4.69, 9.17) is 17.3 Å². The molecule has 1 aromatic rings. The number of carbonyl (C=O) groups excluding carboxylic acids is 1. The van der Waals surface area contributed by atoms with E-state index in [0.717, 1.165) is 10.0 Å². The van der Waals surface area contributed by atoms with Crippen LogP contribution in [0.2, 0.25) is 5.02 Å². The Bertz CT molecular complexity index is 452. The van der Waals surface area contributed by atoms with Crippen LogP contribution in [0.5, 0.6) is 0 Å². The molecule has 2 unspecified atom stereocenters. The van der Waals surface area contributed by atoms with Gasteiger partial charge >= 0.3 is 0 Å². The third-order valence-electron chi connectivity index (χ3n) is 3.09. The SMILES string of the molecule is CCN1C(=O)CC(N)C1c1ccc(Cl)cc1Br. The average Bonchev–Trinajstić information content (AvgIpc) is 2.53. The number of nitrogens with two attached hydrogens (primary N) is 1. The zero-order valence-electron chi connectivity index (χ0n) is 9.49. The first-order valence-corrected chi connectivity index (χ1v) is 6.71. The average molecular weight is 318 g/mol. The Morgan fingerprint density at radius 3 is 2.88 bits per heavy atom. The van der Waals surface area contributed by atoms with Crippen LogP contribution >= 0.6 is 27.5 Å². The molecule has 1 amide bonds. The molecule has 2 atom stereocenters. The second kappa shape index (κ2) is 4.96. The maximum Gasteiger partial charge on any atom is 0.224 e. The summed E-state index contributed by atoms with van der Waals surface area (Å²) < 4.78 is 0.901. The quantitative estimate of drug-likeness (QED) is 0.911. The molecule has 17 heavy (non-hydrogen) atoms. The summed E-state index contributed by atoms with van der Waals surface area (Å²) in [6.07, 6.45) is 0.410. The standard InChI is InChI=1S/C12H14BrClN2O/c1-2-16-11(17)6-10(15)12(16)8-4-3-7(14)5-9(8)13/h3-5,10,12H,2,6,15H2,1H3. The summed E-state index contributed by atoms with van der Waals surface area (Å²) in [5.41, 5.74) is 7.08. The van der Waals surface area contributed by atoms with Crippen molar-refractivity contribution in [3.8, 4) is 0 Å². The monoisotopic (exact) mass is 316 g/mol. The Kier molecular flexibility index (Phi) is 3.76. The fourth-order valence-corrected chi connectivity index (χ4v) is 3.25. The van der Waals surface area contributed by atoms with Crippen molar-refractivity contribution in [2.45, 2.75) is 25.4 Å². The van der Waals surface area contributed by atoms with E-state index in [1.54, 1.807) is 0 Å². The van der Waals surface area contributed by atoms with Crippen LogP contribution in [0.1, 0.15) is 24.9 Å². The maximum atomic E-state index is 11.8. The van der Waals surface area contributed by atoms with Crippen LogP contribution in [-0.2, 0) is 4.79 Å². The number of likely N-dealkylation sites (tertiary alicyclic amines) is 1. The lowest BCUT2D eigenvalue weighted by Gasteiger charge is -2.27. The second-order valence-corrected chi connectivity index (χ2v) is 5.45. The molecule has 2 rings (SSSR count). The van der Waals surface area contributed by atoms with Crippen molar-refractivity contribution in [3.63, 3.8) is 0 Å². The van der Waals surface area contributed by atoms with Gasteiger partial charge in [-0.05, 0) is 24.6 Å². The van der Waals surface area contributed by atoms with Crippen molar-refractivity contribution >= 4 is 33.4 Å². The van der Waals surface area contributed by atoms with E-state index in [2.05, 4.69) is 15.9 Å². The van der Waals surface area contributed by atoms with E-state index < -0.39 is 0 Å². The molecule has 0 aromatic heterocycles. The van der Waals surface area contributed by atoms with Gasteiger partial charge in [-0.2, -0.15) is 0 Å². The molecule has 0 radical (unpaired) electrons. The van der Waals surface area contributed by atoms with E-state index in [1.807, 2.05) is 30.0 Å². The molecule has 0 saturated carbocycles. The molecule has 0 spiro atoms. The first-order valence-electron chi connectivity index (χ1n) is 5.54. The molecule has 3 nitrogen and oxygen atoms in total. The van der Waals surface area contributed by atoms with Crippen LogP contribution in [-0.4, -0.2) is 23.4 Å². The molecule has 1 fully saturated rings. The van der Waals surface area contributed by atoms with Crippen LogP contribution in [0.3, 0.4) is 0 Å². The molecular formula is C12H14BrClN2O. The van der Waals surface area contributed by atoms with Gasteiger partial charge in [-0.1, -0.05) is 33.6 Å². The van der Waals surface area contributed by atoms with E-state index in [0.29, 0.717) is 18.0 Å². The van der Waals surface area contributed by atoms with Gasteiger partial charge < -0.3 is 10.6 Å². The van der Waals surface area contributed by atoms with Crippen LogP contribution in [0.4, 0.5) is 0 Å². The van der Waals surface area contributed by atoms with Gasteiger partial charge in [0.15, 0.2) is 0 Å². The molecular weight excluding hydrogens is 304 g/mol. The summed E-state index contributed by atoms with van der Waals surface area (Å²) >= 11 is 9.40. The highest BCUT2D eigenvalue weighted by atomic mass is 79.9. The molecule has 2 N–H and O–H groups in total. The van der Waals surface area contributed by atoms with E-state index in [1.165, 1.54) is 0 Å². The maximum absolute atomic E-state index is 11.8. The van der Waals surface area contributed by atoms with Gasteiger partial charge in [0.05, 0.1) is 6.04 Å². The lowest BCUT2D eigenvalue weighted by atomic mass is 10.0. The highest BCUT2D eigenvalue weighted by molar-refractivity contribution is 9.10. The fraction of sp³-hybridized carbons (Fsp3) is 0.417. The van der Waals surface area contributed by atoms with Gasteiger partial charge in [0.2, 0.25) is 5.91 Å². The lowest BCUT2D eigenvalue weighted by molar-refractivity contribution is -0.128. The van der Waals surface area contributed by atoms with Crippen LogP contribution in [0.15, 0.2) is 22.7 Å². The molecule has 1 aliphatic rings. The number of hydrogen-bond donors (Lipinski definition) is 1. The summed E-state index contributed by atoms with van der Waals surface area (Å²) in [4.78, 5) is 13.6. The Morgan fingerprint density at radius 1 is 1.59 bits per heavy atom. The highest BCUT2D eigenvalue weighted by Crippen LogP contribution is 2.36. The molecule has 92 valence electrons. The molecule has 1 aliphatic heterocycles. The molecule has 1 saturated heterocycles. The van der Waals surface area contributed by atoms with Crippen LogP contribution < -0.4 is 5.73 Å². The summed E-state index contributed by atoms with van der Waals surface area (Å²) in [6, 6.07) is 5.38. The van der Waals surface area contributed by atoms with Gasteiger partial charge in [0.1, 0.15) is 0 Å². The zero-order valence-corrected chi connectivity index (χ0v) is 11.8. The minimum Gasteiger partial charge on any atom is -0.334 e. The van der Waals surface area contributed by atoms with Gasteiger partial charge in [0.25, 0.3) is 0 Å². The smallest absolute Gasteiger partial charge is 0.224 e. The normalized spacial score (nSPS) is 24.5. The predicted molar refractivity (Wildman–Crippen MR) is 71.9 cm³/mol. The lowest BCUT2D eigenvalue weighted by Crippen LogP contribution is -2.33. The summed E-state index contributed by atoms with van der Waals surface area (Å²) in [7, 11) is 0. The largest absolute Gasteiger partial charge is 0.334 e. The van der Waals surface area contributed by atoms with Crippen molar-refractivity contribution in [2.75, 3.05) is 6.54 Å². The molecule has 1 aromatic carbocycles. The Labute approximate surface area is 114 Å². The van der Waals surface area contributed by atoms with Crippen LogP contribution in [0.25, 0.3) is 0 Å². The van der Waals surface area contributed by atoms with Crippen molar-refractivity contribution in [2.24, 2.45) is 5.73 Å². The second-order valence-electron chi connectivity index (χ2n) is 4.16. The van der Waals surface area contributed by atoms with Gasteiger partial charge in [-0.15, -0.1) is 0 Å². The minimum absolute atomic E-state index is 0.0564. The van der Waals surface area contributed by atoms with E-state index in [9.17, 15) is 4.79 Å². The number of nitrogens with zero attached hydrogens (tertiary/aromatic N) is 1. The first-order chi connectivity index (χ1) is 8.04. The Hall–Kier alpha value is -0.580. The number of carbonyl (C=O) groups is 1. The fourth-order valence-electron chi connectivity index (χ4n) is 2.33. The number of amides is 1. The zero-order chi connectivity index (χ0) is 12.6. The van der Waals surface area contributed by atoms with Gasteiger partial charge in [0, 0.05) is 28.5 Å². The highest BCUT2D eigenvalue weighted by Gasteiger charge is 2.38. The molecule has 5 heteroatoms. The Morgan fingerprint density at radius 2 is 2.29 bits per heavy atom. The first kappa shape index (κ1) is 12.9. The number of likely N-dealkylation sites (N-methyl/N-ethyl adjacent to an activating group) is 1. The van der Waals surface area contributed by atoms with E-state index in [-0.39, 0.29) is 18.0 Å². The molecule has 0 aliphatic carbocycles. The van der Waals surface area contributed by atoms with Crippen molar-refractivity contribution in [1.82, 2.24) is 4.90 Å². The van der Waals surface area contributed by atoms with Crippen LogP contribution in [0, 0.1) is 0 Å². The number of halogens is 2. The number of benzene rings is 1. The molecule has 1 heterocycles. The third-order valence-corrected chi connectivity index (χ3v) is 4.02. The third kappa shape index (κ3) is 2.34. The van der Waals surface area contributed by atoms with E-state index >= 15 is 0 Å². The predicted octanol–water partition coefficient (Wildman–Crippen LogP) is 2.72. The summed E-state index contributed by atoms with van der Waals surface area (Å²) in [5, 5.41) is 0.668. The number of rotatable bonds is 2. The van der Waals surface area contributed by atoms with Crippen molar-refractivity contribution < 1.29 is 4.79 Å². The molecule has 0 bridgehead atoms.